The Morgan fingerprint density at radius 1 is 1.11 bits per heavy atom. The highest BCUT2D eigenvalue weighted by Crippen LogP contribution is 2.51. The Hall–Kier alpha value is -2.76. The summed E-state index contributed by atoms with van der Waals surface area (Å²) in [5, 5.41) is -0.845. The number of hydrogen-bond acceptors (Lipinski definition) is 10. The number of carbonyl (C=O) groups is 3. The zero-order valence-corrected chi connectivity index (χ0v) is 21.9. The highest BCUT2D eigenvalue weighted by atomic mass is 33.1. The number of fused-ring (bicyclic) bond motifs is 1. The zero-order chi connectivity index (χ0) is 25.2. The molecule has 1 fully saturated rings. The van der Waals surface area contributed by atoms with Gasteiger partial charge < -0.3 is 19.1 Å². The van der Waals surface area contributed by atoms with Gasteiger partial charge in [0, 0.05) is 6.92 Å². The first-order chi connectivity index (χ1) is 16.8. The Balaban J connectivity index is 1.71. The van der Waals surface area contributed by atoms with E-state index in [-0.39, 0.29) is 5.92 Å². The summed E-state index contributed by atoms with van der Waals surface area (Å²) in [6.45, 7) is 4.86. The molecule has 2 heterocycles. The van der Waals surface area contributed by atoms with E-state index in [2.05, 4.69) is 4.98 Å². The number of esters is 2. The molecule has 1 aliphatic heterocycles. The van der Waals surface area contributed by atoms with Crippen LogP contribution >= 0.6 is 32.9 Å². The van der Waals surface area contributed by atoms with Gasteiger partial charge >= 0.3 is 23.6 Å². The minimum atomic E-state index is -1.94. The number of β-lactam (4-membered cyclic amide) rings is 1. The van der Waals surface area contributed by atoms with Crippen molar-refractivity contribution in [3.8, 4) is 5.75 Å². The summed E-state index contributed by atoms with van der Waals surface area (Å²) in [6.07, 6.45) is 0. The number of methoxy groups -OCH3 is 1. The Morgan fingerprint density at radius 3 is 2.43 bits per heavy atom. The molecule has 1 aromatic heterocycles. The summed E-state index contributed by atoms with van der Waals surface area (Å²) >= 11 is 1.51. The zero-order valence-electron chi connectivity index (χ0n) is 19.5. The molecule has 0 saturated carbocycles. The molecule has 2 aromatic carbocycles. The van der Waals surface area contributed by atoms with Gasteiger partial charge in [0.25, 0.3) is 0 Å². The first kappa shape index (κ1) is 25.3. The number of para-hydroxylation sites is 2. The van der Waals surface area contributed by atoms with Crippen LogP contribution in [0.4, 0.5) is 0 Å². The second-order valence-electron chi connectivity index (χ2n) is 8.08. The number of hydrogen-bond donors (Lipinski definition) is 0. The molecule has 1 amide bonds. The minimum Gasteiger partial charge on any atom is -0.467 e. The lowest BCUT2D eigenvalue weighted by Crippen LogP contribution is -2.79. The molecule has 0 aliphatic carbocycles. The van der Waals surface area contributed by atoms with E-state index in [1.807, 2.05) is 44.2 Å². The number of aromatic nitrogens is 1. The van der Waals surface area contributed by atoms with Gasteiger partial charge in [-0.05, 0) is 41.0 Å². The second-order valence-corrected chi connectivity index (χ2v) is 11.6. The number of ether oxygens (including phenoxy) is 3. The van der Waals surface area contributed by atoms with E-state index in [9.17, 15) is 14.4 Å². The molecule has 0 radical (unpaired) electrons. The van der Waals surface area contributed by atoms with Crippen molar-refractivity contribution in [1.29, 1.82) is 0 Å². The lowest BCUT2D eigenvalue weighted by atomic mass is 9.94. The first-order valence-electron chi connectivity index (χ1n) is 10.8. The van der Waals surface area contributed by atoms with Crippen LogP contribution in [0.25, 0.3) is 10.2 Å². The fraction of sp³-hybridized carbons (Fsp3) is 0.333. The molecule has 1 saturated heterocycles. The van der Waals surface area contributed by atoms with Gasteiger partial charge in [-0.15, -0.1) is 11.3 Å². The van der Waals surface area contributed by atoms with Crippen LogP contribution in [-0.4, -0.2) is 52.0 Å². The Bertz CT molecular complexity index is 1200. The molecule has 184 valence electrons. The summed E-state index contributed by atoms with van der Waals surface area (Å²) in [4.78, 5) is 44.4. The fourth-order valence-electron chi connectivity index (χ4n) is 3.78. The molecule has 0 spiro atoms. The van der Waals surface area contributed by atoms with E-state index in [0.717, 1.165) is 14.6 Å². The third kappa shape index (κ3) is 4.98. The molecular formula is C24H24N2O6S3. The summed E-state index contributed by atoms with van der Waals surface area (Å²) < 4.78 is 18.4. The van der Waals surface area contributed by atoms with Crippen LogP contribution in [0.1, 0.15) is 20.8 Å². The average molecular weight is 533 g/mol. The van der Waals surface area contributed by atoms with E-state index in [0.29, 0.717) is 5.75 Å². The van der Waals surface area contributed by atoms with Gasteiger partial charge in [-0.3, -0.25) is 9.59 Å². The molecule has 1 aliphatic rings. The highest BCUT2D eigenvalue weighted by Gasteiger charge is 2.70. The SMILES string of the molecule is COC(=O)C(C(C)C)N1C(=O)[C@@](OC(C)=O)(Oc2ccccc2)[C@H]1SSc1nc2ccccc2s1. The van der Waals surface area contributed by atoms with Gasteiger partial charge in [0.15, 0.2) is 9.71 Å². The summed E-state index contributed by atoms with van der Waals surface area (Å²) in [5.74, 6) is -3.69. The van der Waals surface area contributed by atoms with Gasteiger partial charge in [0.2, 0.25) is 0 Å². The predicted octanol–water partition coefficient (Wildman–Crippen LogP) is 4.74. The van der Waals surface area contributed by atoms with Crippen LogP contribution in [0, 0.1) is 5.92 Å². The Labute approximate surface area is 214 Å². The number of benzene rings is 2. The standard InChI is InChI=1S/C24H24N2O6S3/c1-14(2)19(20(28)30-4)26-21(29)24(31-15(3)27,32-16-10-6-5-7-11-16)22(26)34-35-23-25-17-12-8-9-13-18(17)33-23/h5-14,19,22H,1-4H3/t19?,22-,24-/m1/s1. The largest absolute Gasteiger partial charge is 0.467 e. The van der Waals surface area contributed by atoms with E-state index in [1.54, 1.807) is 24.3 Å². The van der Waals surface area contributed by atoms with Crippen molar-refractivity contribution >= 4 is 61.0 Å². The number of nitrogens with zero attached hydrogens (tertiary/aromatic N) is 2. The predicted molar refractivity (Wildman–Crippen MR) is 136 cm³/mol. The van der Waals surface area contributed by atoms with Gasteiger partial charge in [-0.2, -0.15) is 0 Å². The normalized spacial score (nSPS) is 20.4. The molecule has 11 heteroatoms. The number of carbonyl (C=O) groups excluding carboxylic acids is 3. The number of thiazole rings is 1. The van der Waals surface area contributed by atoms with Crippen molar-refractivity contribution in [2.75, 3.05) is 7.11 Å². The number of amides is 1. The van der Waals surface area contributed by atoms with Crippen LogP contribution in [0.2, 0.25) is 0 Å². The minimum absolute atomic E-state index is 0.256. The van der Waals surface area contributed by atoms with E-state index < -0.39 is 35.0 Å². The van der Waals surface area contributed by atoms with Crippen LogP contribution in [-0.2, 0) is 23.9 Å². The van der Waals surface area contributed by atoms with Crippen LogP contribution in [0.15, 0.2) is 58.9 Å². The van der Waals surface area contributed by atoms with E-state index in [4.69, 9.17) is 14.2 Å². The van der Waals surface area contributed by atoms with E-state index >= 15 is 0 Å². The highest BCUT2D eigenvalue weighted by molar-refractivity contribution is 8.77. The average Bonchev–Trinajstić information content (AvgIpc) is 3.25. The topological polar surface area (TPSA) is 95.0 Å². The molecule has 3 aromatic rings. The molecule has 1 unspecified atom stereocenters. The maximum Gasteiger partial charge on any atom is 0.366 e. The molecular weight excluding hydrogens is 508 g/mol. The van der Waals surface area contributed by atoms with Crippen molar-refractivity contribution in [1.82, 2.24) is 9.88 Å². The quantitative estimate of drug-likeness (QED) is 0.168. The number of likely N-dealkylation sites (tertiary alicyclic amines) is 1. The monoisotopic (exact) mass is 532 g/mol. The van der Waals surface area contributed by atoms with Gasteiger partial charge in [-0.1, -0.05) is 55.0 Å². The van der Waals surface area contributed by atoms with E-state index in [1.165, 1.54) is 51.9 Å². The van der Waals surface area contributed by atoms with Crippen LogP contribution in [0.3, 0.4) is 0 Å². The molecule has 8 nitrogen and oxygen atoms in total. The smallest absolute Gasteiger partial charge is 0.366 e. The van der Waals surface area contributed by atoms with Gasteiger partial charge in [-0.25, -0.2) is 9.78 Å². The third-order valence-corrected chi connectivity index (χ3v) is 9.28. The van der Waals surface area contributed by atoms with Crippen molar-refractivity contribution in [3.05, 3.63) is 54.6 Å². The van der Waals surface area contributed by atoms with Gasteiger partial charge in [0.05, 0.1) is 17.3 Å². The van der Waals surface area contributed by atoms with Crippen molar-refractivity contribution in [3.63, 3.8) is 0 Å². The number of rotatable bonds is 9. The van der Waals surface area contributed by atoms with Crippen LogP contribution < -0.4 is 4.74 Å². The maximum absolute atomic E-state index is 13.6. The molecule has 0 bridgehead atoms. The second kappa shape index (κ2) is 10.5. The van der Waals surface area contributed by atoms with Gasteiger partial charge in [0.1, 0.15) is 11.8 Å². The summed E-state index contributed by atoms with van der Waals surface area (Å²) in [7, 11) is 3.85. The molecule has 0 N–H and O–H groups in total. The maximum atomic E-state index is 13.6. The van der Waals surface area contributed by atoms with Crippen molar-refractivity contribution in [2.45, 2.75) is 42.3 Å². The molecule has 3 atom stereocenters. The first-order valence-corrected chi connectivity index (χ1v) is 13.8. The van der Waals surface area contributed by atoms with Crippen molar-refractivity contribution < 1.29 is 28.6 Å². The lowest BCUT2D eigenvalue weighted by Gasteiger charge is -2.54. The lowest BCUT2D eigenvalue weighted by molar-refractivity contribution is -0.250. The Kier molecular flexibility index (Phi) is 7.58. The molecule has 35 heavy (non-hydrogen) atoms. The summed E-state index contributed by atoms with van der Waals surface area (Å²) in [6, 6.07) is 15.5. The fourth-order valence-corrected chi connectivity index (χ4v) is 7.78. The third-order valence-electron chi connectivity index (χ3n) is 5.28. The summed E-state index contributed by atoms with van der Waals surface area (Å²) in [5.41, 5.74) is 0.864. The van der Waals surface area contributed by atoms with Crippen LogP contribution in [0.5, 0.6) is 5.75 Å². The van der Waals surface area contributed by atoms with Crippen molar-refractivity contribution in [2.24, 2.45) is 5.92 Å². The Morgan fingerprint density at radius 2 is 1.80 bits per heavy atom. The molecule has 4 rings (SSSR count).